The molecule has 3 nitrogen and oxygen atoms in total. The van der Waals surface area contributed by atoms with Crippen LogP contribution in [0.4, 0.5) is 0 Å². The molecule has 82 valence electrons. The van der Waals surface area contributed by atoms with E-state index in [4.69, 9.17) is 0 Å². The zero-order valence-corrected chi connectivity index (χ0v) is 9.38. The minimum Gasteiger partial charge on any atom is -0.340 e. The van der Waals surface area contributed by atoms with Crippen LogP contribution in [0.15, 0.2) is 0 Å². The maximum Gasteiger partial charge on any atom is 0.225 e. The highest BCUT2D eigenvalue weighted by atomic mass is 16.2. The SMILES string of the molecule is CC.O=C(C1CCC1)N1CCNCC1. The number of piperazine rings is 1. The van der Waals surface area contributed by atoms with Gasteiger partial charge in [-0.05, 0) is 12.8 Å². The van der Waals surface area contributed by atoms with Gasteiger partial charge < -0.3 is 10.2 Å². The molecule has 0 atom stereocenters. The minimum absolute atomic E-state index is 0.378. The second-order valence-corrected chi connectivity index (χ2v) is 3.70. The molecule has 0 aromatic heterocycles. The molecular formula is C11H22N2O. The molecule has 2 aliphatic rings. The minimum atomic E-state index is 0.378. The van der Waals surface area contributed by atoms with Gasteiger partial charge in [-0.3, -0.25) is 4.79 Å². The Bertz CT molecular complexity index is 172. The van der Waals surface area contributed by atoms with E-state index in [1.165, 1.54) is 6.42 Å². The molecule has 0 radical (unpaired) electrons. The van der Waals surface area contributed by atoms with Crippen molar-refractivity contribution in [1.29, 1.82) is 0 Å². The van der Waals surface area contributed by atoms with Crippen molar-refractivity contribution in [3.8, 4) is 0 Å². The first-order chi connectivity index (χ1) is 6.88. The average molecular weight is 198 g/mol. The van der Waals surface area contributed by atoms with Gasteiger partial charge in [0.15, 0.2) is 0 Å². The highest BCUT2D eigenvalue weighted by Crippen LogP contribution is 2.28. The third kappa shape index (κ3) is 2.71. The van der Waals surface area contributed by atoms with Crippen LogP contribution in [0.3, 0.4) is 0 Å². The van der Waals surface area contributed by atoms with E-state index in [9.17, 15) is 4.79 Å². The monoisotopic (exact) mass is 198 g/mol. The van der Waals surface area contributed by atoms with E-state index < -0.39 is 0 Å². The molecule has 14 heavy (non-hydrogen) atoms. The summed E-state index contributed by atoms with van der Waals surface area (Å²) >= 11 is 0. The van der Waals surface area contributed by atoms with Crippen molar-refractivity contribution in [2.75, 3.05) is 26.2 Å². The quantitative estimate of drug-likeness (QED) is 0.687. The Labute approximate surface area is 86.9 Å². The summed E-state index contributed by atoms with van der Waals surface area (Å²) < 4.78 is 0. The van der Waals surface area contributed by atoms with Crippen LogP contribution in [0, 0.1) is 5.92 Å². The normalized spacial score (nSPS) is 22.0. The number of hydrogen-bond donors (Lipinski definition) is 1. The van der Waals surface area contributed by atoms with Crippen LogP contribution in [0.1, 0.15) is 33.1 Å². The van der Waals surface area contributed by atoms with Crippen LogP contribution in [0.25, 0.3) is 0 Å². The molecule has 0 bridgehead atoms. The number of nitrogens with one attached hydrogen (secondary N) is 1. The zero-order chi connectivity index (χ0) is 10.4. The summed E-state index contributed by atoms with van der Waals surface area (Å²) in [7, 11) is 0. The van der Waals surface area contributed by atoms with Gasteiger partial charge in [0.25, 0.3) is 0 Å². The highest BCUT2D eigenvalue weighted by Gasteiger charge is 2.29. The lowest BCUT2D eigenvalue weighted by molar-refractivity contribution is -0.138. The topological polar surface area (TPSA) is 32.3 Å². The Morgan fingerprint density at radius 2 is 1.79 bits per heavy atom. The van der Waals surface area contributed by atoms with Crippen molar-refractivity contribution in [2.45, 2.75) is 33.1 Å². The van der Waals surface area contributed by atoms with Gasteiger partial charge in [-0.2, -0.15) is 0 Å². The summed E-state index contributed by atoms with van der Waals surface area (Å²) in [6.07, 6.45) is 3.51. The molecule has 3 heteroatoms. The fourth-order valence-corrected chi connectivity index (χ4v) is 1.80. The van der Waals surface area contributed by atoms with Crippen molar-refractivity contribution in [2.24, 2.45) is 5.92 Å². The Kier molecular flexibility index (Phi) is 4.94. The van der Waals surface area contributed by atoms with Gasteiger partial charge in [-0.25, -0.2) is 0 Å². The summed E-state index contributed by atoms with van der Waals surface area (Å²) in [6, 6.07) is 0. The number of amides is 1. The Hall–Kier alpha value is -0.570. The molecule has 0 spiro atoms. The third-order valence-electron chi connectivity index (χ3n) is 2.88. The smallest absolute Gasteiger partial charge is 0.225 e. The van der Waals surface area contributed by atoms with Crippen molar-refractivity contribution in [3.05, 3.63) is 0 Å². The lowest BCUT2D eigenvalue weighted by atomic mass is 9.84. The average Bonchev–Trinajstić information content (AvgIpc) is 2.20. The van der Waals surface area contributed by atoms with E-state index in [-0.39, 0.29) is 0 Å². The molecule has 0 unspecified atom stereocenters. The molecular weight excluding hydrogens is 176 g/mol. The second-order valence-electron chi connectivity index (χ2n) is 3.70. The molecule has 0 aromatic rings. The van der Waals surface area contributed by atoms with Crippen LogP contribution in [-0.4, -0.2) is 37.0 Å². The number of carbonyl (C=O) groups is 1. The van der Waals surface area contributed by atoms with Crippen LogP contribution >= 0.6 is 0 Å². The first-order valence-corrected chi connectivity index (χ1v) is 5.87. The maximum absolute atomic E-state index is 11.7. The van der Waals surface area contributed by atoms with Crippen molar-refractivity contribution < 1.29 is 4.79 Å². The number of hydrogen-bond acceptors (Lipinski definition) is 2. The Morgan fingerprint density at radius 3 is 2.21 bits per heavy atom. The molecule has 1 N–H and O–H groups in total. The van der Waals surface area contributed by atoms with E-state index >= 15 is 0 Å². The van der Waals surface area contributed by atoms with Crippen LogP contribution in [0.5, 0.6) is 0 Å². The maximum atomic E-state index is 11.7. The summed E-state index contributed by atoms with van der Waals surface area (Å²) in [6.45, 7) is 7.77. The standard InChI is InChI=1S/C9H16N2O.C2H6/c12-9(8-2-1-3-8)11-6-4-10-5-7-11;1-2/h8,10H,1-7H2;1-2H3. The molecule has 1 aliphatic carbocycles. The van der Waals surface area contributed by atoms with E-state index in [2.05, 4.69) is 5.32 Å². The van der Waals surface area contributed by atoms with Crippen molar-refractivity contribution in [3.63, 3.8) is 0 Å². The Morgan fingerprint density at radius 1 is 1.21 bits per heavy atom. The highest BCUT2D eigenvalue weighted by molar-refractivity contribution is 5.79. The molecule has 2 rings (SSSR count). The molecule has 0 aromatic carbocycles. The van der Waals surface area contributed by atoms with Gasteiger partial charge in [-0.15, -0.1) is 0 Å². The van der Waals surface area contributed by atoms with Gasteiger partial charge >= 0.3 is 0 Å². The largest absolute Gasteiger partial charge is 0.340 e. The summed E-state index contributed by atoms with van der Waals surface area (Å²) in [5, 5.41) is 3.25. The van der Waals surface area contributed by atoms with Crippen LogP contribution in [0.2, 0.25) is 0 Å². The lowest BCUT2D eigenvalue weighted by Gasteiger charge is -2.34. The van der Waals surface area contributed by atoms with E-state index in [1.54, 1.807) is 0 Å². The summed E-state index contributed by atoms with van der Waals surface area (Å²) in [5.41, 5.74) is 0. The fourth-order valence-electron chi connectivity index (χ4n) is 1.80. The van der Waals surface area contributed by atoms with E-state index in [0.717, 1.165) is 39.0 Å². The first-order valence-electron chi connectivity index (χ1n) is 5.87. The zero-order valence-electron chi connectivity index (χ0n) is 9.38. The Balaban J connectivity index is 0.000000461. The predicted molar refractivity (Wildman–Crippen MR) is 58.1 cm³/mol. The molecule has 1 saturated heterocycles. The molecule has 1 saturated carbocycles. The molecule has 1 amide bonds. The van der Waals surface area contributed by atoms with Crippen LogP contribution < -0.4 is 5.32 Å². The van der Waals surface area contributed by atoms with Gasteiger partial charge in [0.2, 0.25) is 5.91 Å². The molecule has 1 heterocycles. The lowest BCUT2D eigenvalue weighted by Crippen LogP contribution is -2.49. The fraction of sp³-hybridized carbons (Fsp3) is 0.909. The first kappa shape index (κ1) is 11.5. The second kappa shape index (κ2) is 6.02. The molecule has 2 fully saturated rings. The van der Waals surface area contributed by atoms with E-state index in [1.807, 2.05) is 18.7 Å². The number of nitrogens with zero attached hydrogens (tertiary/aromatic N) is 1. The summed E-state index contributed by atoms with van der Waals surface area (Å²) in [4.78, 5) is 13.7. The number of rotatable bonds is 1. The van der Waals surface area contributed by atoms with E-state index in [0.29, 0.717) is 11.8 Å². The van der Waals surface area contributed by atoms with Crippen molar-refractivity contribution >= 4 is 5.91 Å². The van der Waals surface area contributed by atoms with Crippen molar-refractivity contribution in [1.82, 2.24) is 10.2 Å². The van der Waals surface area contributed by atoms with Gasteiger partial charge in [0.1, 0.15) is 0 Å². The van der Waals surface area contributed by atoms with Gasteiger partial charge in [-0.1, -0.05) is 20.3 Å². The summed E-state index contributed by atoms with van der Waals surface area (Å²) in [5.74, 6) is 0.783. The van der Waals surface area contributed by atoms with Gasteiger partial charge in [0, 0.05) is 32.1 Å². The number of carbonyl (C=O) groups excluding carboxylic acids is 1. The van der Waals surface area contributed by atoms with Gasteiger partial charge in [0.05, 0.1) is 0 Å². The molecule has 1 aliphatic heterocycles. The predicted octanol–water partition coefficient (Wildman–Crippen LogP) is 1.24. The third-order valence-corrected chi connectivity index (χ3v) is 2.88. The van der Waals surface area contributed by atoms with Crippen LogP contribution in [-0.2, 0) is 4.79 Å².